The zero-order valence-electron chi connectivity index (χ0n) is 16.7. The third kappa shape index (κ3) is 2.63. The molecule has 1 aliphatic heterocycles. The predicted octanol–water partition coefficient (Wildman–Crippen LogP) is 3.00. The minimum Gasteiger partial charge on any atom is -0.354 e. The van der Waals surface area contributed by atoms with E-state index < -0.39 is 0 Å². The van der Waals surface area contributed by atoms with E-state index in [0.29, 0.717) is 11.7 Å². The lowest BCUT2D eigenvalue weighted by atomic mass is 10.0. The van der Waals surface area contributed by atoms with Gasteiger partial charge in [0.2, 0.25) is 0 Å². The summed E-state index contributed by atoms with van der Waals surface area (Å²) in [6.45, 7) is 0.937. The van der Waals surface area contributed by atoms with Crippen molar-refractivity contribution in [1.29, 1.82) is 0 Å². The first-order valence-electron chi connectivity index (χ1n) is 10.3. The molecule has 8 heteroatoms. The molecule has 0 atom stereocenters. The van der Waals surface area contributed by atoms with Crippen molar-refractivity contribution in [3.63, 3.8) is 0 Å². The van der Waals surface area contributed by atoms with Gasteiger partial charge in [-0.25, -0.2) is 15.0 Å². The molecule has 1 amide bonds. The predicted molar refractivity (Wildman–Crippen MR) is 112 cm³/mol. The van der Waals surface area contributed by atoms with Crippen LogP contribution in [0.15, 0.2) is 36.8 Å². The summed E-state index contributed by atoms with van der Waals surface area (Å²) in [5.41, 5.74) is 4.98. The summed E-state index contributed by atoms with van der Waals surface area (Å²) in [5, 5.41) is 8.21. The van der Waals surface area contributed by atoms with Gasteiger partial charge in [-0.3, -0.25) is 9.48 Å². The molecule has 1 aromatic carbocycles. The lowest BCUT2D eigenvalue weighted by molar-refractivity contribution is 0.0960. The number of imidazole rings is 1. The second-order valence-corrected chi connectivity index (χ2v) is 7.93. The van der Waals surface area contributed by atoms with E-state index in [-0.39, 0.29) is 5.91 Å². The van der Waals surface area contributed by atoms with Gasteiger partial charge in [-0.2, -0.15) is 5.10 Å². The molecule has 3 aromatic heterocycles. The van der Waals surface area contributed by atoms with Crippen molar-refractivity contribution in [1.82, 2.24) is 34.6 Å². The summed E-state index contributed by atoms with van der Waals surface area (Å²) < 4.78 is 4.34. The van der Waals surface area contributed by atoms with Crippen LogP contribution in [0.25, 0.3) is 33.5 Å². The Morgan fingerprint density at radius 3 is 2.93 bits per heavy atom. The molecule has 0 spiro atoms. The zero-order chi connectivity index (χ0) is 20.2. The van der Waals surface area contributed by atoms with E-state index >= 15 is 0 Å². The van der Waals surface area contributed by atoms with E-state index in [9.17, 15) is 4.79 Å². The number of hydrogen-bond donors (Lipinski definition) is 1. The Morgan fingerprint density at radius 2 is 2.10 bits per heavy atom. The standard InChI is InChI=1S/C22H21N7O/c1-23-22(30)19-15-11-13(4-7-16(15)24-12-25-19)21-20(26-18-3-2-9-28(18)21)17-8-10-29(27-17)14-5-6-14/h4,7-8,10-12,14H,2-3,5-6,9H2,1H3,(H,23,30). The van der Waals surface area contributed by atoms with Crippen molar-refractivity contribution >= 4 is 16.8 Å². The van der Waals surface area contributed by atoms with E-state index in [1.54, 1.807) is 7.05 Å². The van der Waals surface area contributed by atoms with Crippen LogP contribution in [-0.2, 0) is 13.0 Å². The number of amides is 1. The van der Waals surface area contributed by atoms with Crippen LogP contribution in [0.3, 0.4) is 0 Å². The number of nitrogens with zero attached hydrogens (tertiary/aromatic N) is 6. The molecule has 0 radical (unpaired) electrons. The van der Waals surface area contributed by atoms with Crippen LogP contribution in [0, 0.1) is 0 Å². The van der Waals surface area contributed by atoms with Crippen LogP contribution in [0.2, 0.25) is 0 Å². The highest BCUT2D eigenvalue weighted by atomic mass is 16.1. The largest absolute Gasteiger partial charge is 0.354 e. The third-order valence-corrected chi connectivity index (χ3v) is 5.95. The molecule has 0 unspecified atom stereocenters. The molecule has 4 aromatic rings. The topological polar surface area (TPSA) is 90.5 Å². The highest BCUT2D eigenvalue weighted by molar-refractivity contribution is 6.05. The van der Waals surface area contributed by atoms with Gasteiger partial charge in [0.05, 0.1) is 17.3 Å². The fraction of sp³-hybridized carbons (Fsp3) is 0.318. The van der Waals surface area contributed by atoms with Crippen LogP contribution in [0.1, 0.15) is 41.6 Å². The van der Waals surface area contributed by atoms with Gasteiger partial charge >= 0.3 is 0 Å². The molecule has 1 saturated carbocycles. The summed E-state index contributed by atoms with van der Waals surface area (Å²) in [7, 11) is 1.61. The number of aryl methyl sites for hydroxylation is 1. The van der Waals surface area contributed by atoms with Crippen LogP contribution in [0.5, 0.6) is 0 Å². The third-order valence-electron chi connectivity index (χ3n) is 5.95. The number of nitrogens with one attached hydrogen (secondary N) is 1. The Bertz CT molecular complexity index is 1300. The number of carbonyl (C=O) groups is 1. The molecule has 150 valence electrons. The first-order chi connectivity index (χ1) is 14.7. The molecule has 4 heterocycles. The van der Waals surface area contributed by atoms with Crippen molar-refractivity contribution in [3.8, 4) is 22.6 Å². The maximum Gasteiger partial charge on any atom is 0.270 e. The summed E-state index contributed by atoms with van der Waals surface area (Å²) in [6, 6.07) is 8.58. The van der Waals surface area contributed by atoms with E-state index in [1.165, 1.54) is 19.2 Å². The smallest absolute Gasteiger partial charge is 0.270 e. The molecule has 0 bridgehead atoms. The molecule has 6 rings (SSSR count). The number of fused-ring (bicyclic) bond motifs is 2. The normalized spacial score (nSPS) is 15.5. The SMILES string of the molecule is CNC(=O)c1ncnc2ccc(-c3c(-c4ccn(C5CC5)n4)nc4n3CCC4)cc12. The maximum atomic E-state index is 12.3. The summed E-state index contributed by atoms with van der Waals surface area (Å²) in [4.78, 5) is 25.9. The van der Waals surface area contributed by atoms with Gasteiger partial charge in [-0.15, -0.1) is 0 Å². The average Bonchev–Trinajstić information content (AvgIpc) is 3.18. The Balaban J connectivity index is 1.55. The molecule has 2 aliphatic rings. The lowest BCUT2D eigenvalue weighted by Crippen LogP contribution is -2.19. The second-order valence-electron chi connectivity index (χ2n) is 7.93. The first kappa shape index (κ1) is 17.3. The first-order valence-corrected chi connectivity index (χ1v) is 10.3. The summed E-state index contributed by atoms with van der Waals surface area (Å²) >= 11 is 0. The minimum absolute atomic E-state index is 0.221. The summed E-state index contributed by atoms with van der Waals surface area (Å²) in [5.74, 6) is 0.873. The van der Waals surface area contributed by atoms with E-state index in [0.717, 1.165) is 58.8 Å². The quantitative estimate of drug-likeness (QED) is 0.570. The molecule has 8 nitrogen and oxygen atoms in total. The van der Waals surface area contributed by atoms with Crippen molar-refractivity contribution in [3.05, 3.63) is 48.3 Å². The number of carbonyl (C=O) groups excluding carboxylic acids is 1. The van der Waals surface area contributed by atoms with Crippen molar-refractivity contribution < 1.29 is 4.79 Å². The minimum atomic E-state index is -0.221. The number of benzene rings is 1. The Kier molecular flexibility index (Phi) is 3.74. The van der Waals surface area contributed by atoms with Gasteiger partial charge in [0.1, 0.15) is 29.2 Å². The zero-order valence-corrected chi connectivity index (χ0v) is 16.7. The van der Waals surface area contributed by atoms with Crippen LogP contribution in [0.4, 0.5) is 0 Å². The Morgan fingerprint density at radius 1 is 1.20 bits per heavy atom. The van der Waals surface area contributed by atoms with Gasteiger partial charge in [0.15, 0.2) is 0 Å². The highest BCUT2D eigenvalue weighted by Crippen LogP contribution is 2.38. The fourth-order valence-electron chi connectivity index (χ4n) is 4.31. The Hall–Kier alpha value is -3.55. The molecule has 1 fully saturated rings. The second kappa shape index (κ2) is 6.48. The average molecular weight is 399 g/mol. The fourth-order valence-corrected chi connectivity index (χ4v) is 4.31. The molecular formula is C22H21N7O. The van der Waals surface area contributed by atoms with Gasteiger partial charge in [0, 0.05) is 37.2 Å². The molecule has 1 aliphatic carbocycles. The van der Waals surface area contributed by atoms with E-state index in [4.69, 9.17) is 10.1 Å². The van der Waals surface area contributed by atoms with Crippen molar-refractivity contribution in [2.24, 2.45) is 0 Å². The number of rotatable bonds is 4. The van der Waals surface area contributed by atoms with Crippen LogP contribution in [-0.4, -0.2) is 42.3 Å². The Labute approximate surface area is 173 Å². The van der Waals surface area contributed by atoms with Crippen LogP contribution >= 0.6 is 0 Å². The van der Waals surface area contributed by atoms with E-state index in [1.807, 2.05) is 18.2 Å². The molecular weight excluding hydrogens is 378 g/mol. The molecule has 0 saturated heterocycles. The number of hydrogen-bond acceptors (Lipinski definition) is 5. The van der Waals surface area contributed by atoms with Crippen LogP contribution < -0.4 is 5.32 Å². The lowest BCUT2D eigenvalue weighted by Gasteiger charge is -2.10. The highest BCUT2D eigenvalue weighted by Gasteiger charge is 2.28. The van der Waals surface area contributed by atoms with Gasteiger partial charge < -0.3 is 9.88 Å². The number of aromatic nitrogens is 6. The van der Waals surface area contributed by atoms with Crippen molar-refractivity contribution in [2.75, 3.05) is 7.05 Å². The molecule has 1 N–H and O–H groups in total. The molecule has 30 heavy (non-hydrogen) atoms. The van der Waals surface area contributed by atoms with Crippen molar-refractivity contribution in [2.45, 2.75) is 38.3 Å². The van der Waals surface area contributed by atoms with Gasteiger partial charge in [0.25, 0.3) is 5.91 Å². The van der Waals surface area contributed by atoms with Gasteiger partial charge in [-0.1, -0.05) is 6.07 Å². The maximum absolute atomic E-state index is 12.3. The summed E-state index contributed by atoms with van der Waals surface area (Å²) in [6.07, 6.45) is 7.93. The van der Waals surface area contributed by atoms with Gasteiger partial charge in [-0.05, 0) is 37.5 Å². The monoisotopic (exact) mass is 399 g/mol. The van der Waals surface area contributed by atoms with E-state index in [2.05, 4.69) is 36.8 Å².